The second-order valence-corrected chi connectivity index (χ2v) is 4.39. The third kappa shape index (κ3) is 6.82. The first kappa shape index (κ1) is 17.5. The van der Waals surface area contributed by atoms with Crippen molar-refractivity contribution in [3.63, 3.8) is 0 Å². The number of carbonyl (C=O) groups excluding carboxylic acids is 1. The molecule has 2 N–H and O–H groups in total. The maximum atomic E-state index is 12.6. The quantitative estimate of drug-likeness (QED) is 0.700. The summed E-state index contributed by atoms with van der Waals surface area (Å²) < 4.78 is 48.9. The van der Waals surface area contributed by atoms with Crippen molar-refractivity contribution in [3.05, 3.63) is 0 Å². The summed E-state index contributed by atoms with van der Waals surface area (Å²) in [7, 11) is 0. The Morgan fingerprint density at radius 1 is 1.32 bits per heavy atom. The molecule has 0 aliphatic carbocycles. The highest BCUT2D eigenvalue weighted by atomic mass is 19.3. The van der Waals surface area contributed by atoms with Crippen LogP contribution in [-0.4, -0.2) is 54.0 Å². The Labute approximate surface area is 107 Å². The minimum atomic E-state index is -4.34. The molecule has 19 heavy (non-hydrogen) atoms. The largest absolute Gasteiger partial charge is 0.480 e. The number of carboxylic acids is 1. The van der Waals surface area contributed by atoms with Crippen molar-refractivity contribution in [2.24, 2.45) is 5.92 Å². The van der Waals surface area contributed by atoms with Gasteiger partial charge in [0.15, 0.2) is 0 Å². The van der Waals surface area contributed by atoms with E-state index in [4.69, 9.17) is 5.11 Å². The van der Waals surface area contributed by atoms with Gasteiger partial charge in [-0.15, -0.1) is 0 Å². The van der Waals surface area contributed by atoms with Gasteiger partial charge >= 0.3 is 24.3 Å². The van der Waals surface area contributed by atoms with Crippen LogP contribution in [0.25, 0.3) is 0 Å². The lowest BCUT2D eigenvalue weighted by Crippen LogP contribution is -2.49. The van der Waals surface area contributed by atoms with E-state index in [1.165, 1.54) is 0 Å². The van der Waals surface area contributed by atoms with Gasteiger partial charge in [0.1, 0.15) is 6.54 Å². The van der Waals surface area contributed by atoms with Crippen LogP contribution in [0.5, 0.6) is 0 Å². The zero-order chi connectivity index (χ0) is 15.2. The summed E-state index contributed by atoms with van der Waals surface area (Å²) >= 11 is 0. The molecule has 2 amide bonds. The smallest absolute Gasteiger partial charge is 0.324 e. The monoisotopic (exact) mass is 288 g/mol. The second-order valence-electron chi connectivity index (χ2n) is 4.39. The van der Waals surface area contributed by atoms with Gasteiger partial charge in [0.05, 0.1) is 6.54 Å². The van der Waals surface area contributed by atoms with E-state index in [0.717, 1.165) is 4.90 Å². The number of carboxylic acid groups (broad SMARTS) is 1. The minimum absolute atomic E-state index is 0.0123. The molecular formula is C10H16F4N2O3. The van der Waals surface area contributed by atoms with Gasteiger partial charge in [-0.2, -0.15) is 8.78 Å². The van der Waals surface area contributed by atoms with Crippen LogP contribution in [0.3, 0.4) is 0 Å². The molecule has 5 nitrogen and oxygen atoms in total. The summed E-state index contributed by atoms with van der Waals surface area (Å²) in [6.45, 7) is 1.16. The molecule has 0 rings (SSSR count). The average molecular weight is 288 g/mol. The van der Waals surface area contributed by atoms with Crippen LogP contribution < -0.4 is 5.32 Å². The van der Waals surface area contributed by atoms with Gasteiger partial charge in [0.25, 0.3) is 0 Å². The molecule has 0 heterocycles. The molecule has 0 saturated carbocycles. The Balaban J connectivity index is 4.52. The van der Waals surface area contributed by atoms with Crippen LogP contribution in [0.2, 0.25) is 0 Å². The first-order chi connectivity index (χ1) is 8.56. The van der Waals surface area contributed by atoms with E-state index in [-0.39, 0.29) is 12.5 Å². The molecule has 0 spiro atoms. The molecule has 0 aliphatic heterocycles. The van der Waals surface area contributed by atoms with Crippen LogP contribution in [0.4, 0.5) is 22.4 Å². The van der Waals surface area contributed by atoms with E-state index >= 15 is 0 Å². The van der Waals surface area contributed by atoms with Crippen LogP contribution >= 0.6 is 0 Å². The van der Waals surface area contributed by atoms with Crippen molar-refractivity contribution in [3.8, 4) is 0 Å². The molecule has 0 atom stereocenters. The first-order valence-corrected chi connectivity index (χ1v) is 5.46. The molecule has 9 heteroatoms. The molecule has 0 radical (unpaired) electrons. The van der Waals surface area contributed by atoms with Crippen molar-refractivity contribution < 1.29 is 32.3 Å². The van der Waals surface area contributed by atoms with Crippen molar-refractivity contribution in [2.75, 3.05) is 19.6 Å². The number of carbonyl (C=O) groups is 2. The number of rotatable bonds is 7. The van der Waals surface area contributed by atoms with Crippen LogP contribution in [0, 0.1) is 5.92 Å². The Kier molecular flexibility index (Phi) is 6.57. The van der Waals surface area contributed by atoms with E-state index in [2.05, 4.69) is 0 Å². The van der Waals surface area contributed by atoms with E-state index in [9.17, 15) is 27.2 Å². The molecule has 0 aromatic carbocycles. The van der Waals surface area contributed by atoms with Crippen molar-refractivity contribution in [2.45, 2.75) is 26.2 Å². The number of halogens is 4. The van der Waals surface area contributed by atoms with E-state index in [0.29, 0.717) is 0 Å². The molecule has 0 aromatic heterocycles. The number of urea groups is 1. The lowest BCUT2D eigenvalue weighted by Gasteiger charge is -2.24. The van der Waals surface area contributed by atoms with Crippen molar-refractivity contribution >= 4 is 12.0 Å². The Hall–Kier alpha value is -1.54. The van der Waals surface area contributed by atoms with Gasteiger partial charge in [0, 0.05) is 6.54 Å². The first-order valence-electron chi connectivity index (χ1n) is 5.46. The average Bonchev–Trinajstić information content (AvgIpc) is 2.23. The number of alkyl halides is 4. The summed E-state index contributed by atoms with van der Waals surface area (Å²) in [6.07, 6.45) is -3.90. The number of nitrogens with zero attached hydrogens (tertiary/aromatic N) is 1. The van der Waals surface area contributed by atoms with Gasteiger partial charge in [-0.05, 0) is 5.92 Å². The summed E-state index contributed by atoms with van der Waals surface area (Å²) in [5, 5.41) is 10.2. The third-order valence-electron chi connectivity index (χ3n) is 1.99. The molecule has 0 bridgehead atoms. The number of hydrogen-bond acceptors (Lipinski definition) is 2. The fraction of sp³-hybridized carbons (Fsp3) is 0.800. The topological polar surface area (TPSA) is 69.6 Å². The molecule has 0 aromatic rings. The summed E-state index contributed by atoms with van der Waals surface area (Å²) in [5.74, 6) is -5.76. The minimum Gasteiger partial charge on any atom is -0.480 e. The standard InChI is InChI=1S/C10H16F4N2O3/c1-6(2)3-16(4-7(17)18)9(19)15-5-10(13,14)8(11)12/h6,8H,3-5H2,1-2H3,(H,15,19)(H,17,18). The van der Waals surface area contributed by atoms with E-state index in [1.807, 2.05) is 0 Å². The summed E-state index contributed by atoms with van der Waals surface area (Å²) in [5.41, 5.74) is 0. The van der Waals surface area contributed by atoms with Gasteiger partial charge < -0.3 is 15.3 Å². The number of aliphatic carboxylic acids is 1. The van der Waals surface area contributed by atoms with Crippen LogP contribution in [0.1, 0.15) is 13.8 Å². The fourth-order valence-electron chi connectivity index (χ4n) is 1.21. The second kappa shape index (κ2) is 7.15. The highest BCUT2D eigenvalue weighted by molar-refractivity contribution is 5.80. The van der Waals surface area contributed by atoms with Crippen LogP contribution in [0.15, 0.2) is 0 Å². The van der Waals surface area contributed by atoms with E-state index < -0.39 is 37.4 Å². The molecule has 0 aliphatic rings. The zero-order valence-corrected chi connectivity index (χ0v) is 10.5. The maximum absolute atomic E-state index is 12.6. The lowest BCUT2D eigenvalue weighted by atomic mass is 10.2. The highest BCUT2D eigenvalue weighted by Crippen LogP contribution is 2.21. The molecular weight excluding hydrogens is 272 g/mol. The highest BCUT2D eigenvalue weighted by Gasteiger charge is 2.41. The van der Waals surface area contributed by atoms with Gasteiger partial charge in [0.2, 0.25) is 0 Å². The van der Waals surface area contributed by atoms with Gasteiger partial charge in [-0.3, -0.25) is 4.79 Å². The number of amides is 2. The predicted octanol–water partition coefficient (Wildman–Crippen LogP) is 1.64. The molecule has 0 saturated heterocycles. The molecule has 112 valence electrons. The zero-order valence-electron chi connectivity index (χ0n) is 10.5. The molecule has 0 unspecified atom stereocenters. The maximum Gasteiger partial charge on any atom is 0.324 e. The van der Waals surface area contributed by atoms with Crippen molar-refractivity contribution in [1.82, 2.24) is 10.2 Å². The van der Waals surface area contributed by atoms with Crippen molar-refractivity contribution in [1.29, 1.82) is 0 Å². The number of hydrogen-bond donors (Lipinski definition) is 2. The SMILES string of the molecule is CC(C)CN(CC(=O)O)C(=O)NCC(F)(F)C(F)F. The summed E-state index contributed by atoms with van der Waals surface area (Å²) in [4.78, 5) is 22.7. The third-order valence-corrected chi connectivity index (χ3v) is 1.99. The van der Waals surface area contributed by atoms with Gasteiger partial charge in [-0.1, -0.05) is 13.8 Å². The normalized spacial score (nSPS) is 11.8. The van der Waals surface area contributed by atoms with Gasteiger partial charge in [-0.25, -0.2) is 13.6 Å². The summed E-state index contributed by atoms with van der Waals surface area (Å²) in [6, 6.07) is -1.11. The van der Waals surface area contributed by atoms with Crippen LogP contribution in [-0.2, 0) is 4.79 Å². The van der Waals surface area contributed by atoms with E-state index in [1.54, 1.807) is 19.2 Å². The lowest BCUT2D eigenvalue weighted by molar-refractivity contribution is -0.137. The predicted molar refractivity (Wildman–Crippen MR) is 58.4 cm³/mol. The Morgan fingerprint density at radius 3 is 2.21 bits per heavy atom. The Bertz CT molecular complexity index is 324. The Morgan fingerprint density at radius 2 is 1.84 bits per heavy atom. The molecule has 0 fully saturated rings. The fourth-order valence-corrected chi connectivity index (χ4v) is 1.21. The number of nitrogens with one attached hydrogen (secondary N) is 1.